The molecule has 0 saturated heterocycles. The molecule has 35 heavy (non-hydrogen) atoms. The SMILES string of the molecule is CCC(CCC(=O)O)NC(=O)c1sc(NC(=O)OCC2c3ccccc3-c3ccccc32)nc1C. The molecular weight excluding hydrogens is 466 g/mol. The first kappa shape index (κ1) is 24.4. The lowest BCUT2D eigenvalue weighted by molar-refractivity contribution is -0.137. The van der Waals surface area contributed by atoms with Gasteiger partial charge in [0.25, 0.3) is 5.91 Å². The number of thiazole rings is 1. The normalized spacial score (nSPS) is 13.0. The molecule has 1 aliphatic carbocycles. The molecule has 0 aliphatic heterocycles. The van der Waals surface area contributed by atoms with Crippen molar-refractivity contribution in [2.24, 2.45) is 0 Å². The van der Waals surface area contributed by atoms with Gasteiger partial charge in [0.1, 0.15) is 11.5 Å². The van der Waals surface area contributed by atoms with Crippen molar-refractivity contribution in [3.8, 4) is 11.1 Å². The molecule has 1 unspecified atom stereocenters. The number of fused-ring (bicyclic) bond motifs is 3. The zero-order valence-corrected chi connectivity index (χ0v) is 20.4. The van der Waals surface area contributed by atoms with Crippen molar-refractivity contribution in [1.82, 2.24) is 10.3 Å². The Bertz CT molecular complexity index is 1210. The third-order valence-corrected chi connectivity index (χ3v) is 7.16. The molecular formula is C26H27N3O5S. The van der Waals surface area contributed by atoms with Crippen LogP contribution in [0.15, 0.2) is 48.5 Å². The van der Waals surface area contributed by atoms with Crippen LogP contribution in [0.5, 0.6) is 0 Å². The second kappa shape index (κ2) is 10.7. The smallest absolute Gasteiger partial charge is 0.413 e. The van der Waals surface area contributed by atoms with Crippen molar-refractivity contribution in [3.63, 3.8) is 0 Å². The highest BCUT2D eigenvalue weighted by molar-refractivity contribution is 7.17. The van der Waals surface area contributed by atoms with Gasteiger partial charge in [-0.15, -0.1) is 0 Å². The predicted molar refractivity (Wildman–Crippen MR) is 134 cm³/mol. The molecule has 0 saturated carbocycles. The van der Waals surface area contributed by atoms with Crippen LogP contribution in [0.2, 0.25) is 0 Å². The van der Waals surface area contributed by atoms with Crippen LogP contribution in [0, 0.1) is 6.92 Å². The van der Waals surface area contributed by atoms with Gasteiger partial charge < -0.3 is 15.2 Å². The standard InChI is InChI=1S/C26H27N3O5S/c1-3-16(12-13-22(30)31)28-24(32)23-15(2)27-25(35-23)29-26(33)34-14-21-19-10-6-4-8-17(19)18-9-5-7-11-20(18)21/h4-11,16,21H,3,12-14H2,1-2H3,(H,28,32)(H,30,31)(H,27,29,33). The van der Waals surface area contributed by atoms with Crippen LogP contribution in [0.4, 0.5) is 9.93 Å². The minimum absolute atomic E-state index is 0.0188. The van der Waals surface area contributed by atoms with Crippen molar-refractivity contribution in [1.29, 1.82) is 0 Å². The van der Waals surface area contributed by atoms with Crippen LogP contribution in [-0.2, 0) is 9.53 Å². The maximum atomic E-state index is 12.7. The molecule has 1 aliphatic rings. The van der Waals surface area contributed by atoms with Crippen molar-refractivity contribution in [2.75, 3.05) is 11.9 Å². The zero-order valence-electron chi connectivity index (χ0n) is 19.5. The number of aromatic nitrogens is 1. The van der Waals surface area contributed by atoms with Crippen LogP contribution in [0.1, 0.15) is 58.6 Å². The number of hydrogen-bond acceptors (Lipinski definition) is 6. The summed E-state index contributed by atoms with van der Waals surface area (Å²) in [6, 6.07) is 16.0. The molecule has 9 heteroatoms. The second-order valence-corrected chi connectivity index (χ2v) is 9.39. The average Bonchev–Trinajstić information content (AvgIpc) is 3.37. The average molecular weight is 494 g/mol. The Kier molecular flexibility index (Phi) is 7.45. The Morgan fingerprint density at radius 3 is 2.31 bits per heavy atom. The van der Waals surface area contributed by atoms with Gasteiger partial charge in [0, 0.05) is 18.4 Å². The number of amides is 2. The van der Waals surface area contributed by atoms with Crippen molar-refractivity contribution in [3.05, 3.63) is 70.2 Å². The third-order valence-electron chi connectivity index (χ3n) is 6.09. The maximum absolute atomic E-state index is 12.7. The molecule has 0 bridgehead atoms. The van der Waals surface area contributed by atoms with Crippen LogP contribution in [0.3, 0.4) is 0 Å². The lowest BCUT2D eigenvalue weighted by Crippen LogP contribution is -2.34. The Labute approximate surface area is 207 Å². The van der Waals surface area contributed by atoms with Gasteiger partial charge in [-0.1, -0.05) is 66.8 Å². The molecule has 1 atom stereocenters. The molecule has 8 nitrogen and oxygen atoms in total. The summed E-state index contributed by atoms with van der Waals surface area (Å²) >= 11 is 1.06. The highest BCUT2D eigenvalue weighted by atomic mass is 32.1. The van der Waals surface area contributed by atoms with E-state index in [1.165, 1.54) is 0 Å². The van der Waals surface area contributed by atoms with Crippen molar-refractivity contribution >= 4 is 34.4 Å². The number of nitrogens with zero attached hydrogens (tertiary/aromatic N) is 1. The summed E-state index contributed by atoms with van der Waals surface area (Å²) in [4.78, 5) is 40.7. The van der Waals surface area contributed by atoms with E-state index in [-0.39, 0.29) is 36.0 Å². The van der Waals surface area contributed by atoms with Crippen LogP contribution < -0.4 is 10.6 Å². The molecule has 4 rings (SSSR count). The summed E-state index contributed by atoms with van der Waals surface area (Å²) in [6.07, 6.45) is 0.303. The van der Waals surface area contributed by atoms with E-state index in [9.17, 15) is 14.4 Å². The number of carbonyl (C=O) groups is 3. The van der Waals surface area contributed by atoms with E-state index in [0.29, 0.717) is 23.4 Å². The summed E-state index contributed by atoms with van der Waals surface area (Å²) in [5, 5.41) is 14.6. The molecule has 2 amide bonds. The first-order valence-corrected chi connectivity index (χ1v) is 12.3. The number of aryl methyl sites for hydroxylation is 1. The van der Waals surface area contributed by atoms with Gasteiger partial charge in [-0.05, 0) is 42.0 Å². The second-order valence-electron chi connectivity index (χ2n) is 8.40. The Morgan fingerprint density at radius 2 is 1.71 bits per heavy atom. The molecule has 3 aromatic rings. The number of carboxylic acids is 1. The number of benzene rings is 2. The largest absolute Gasteiger partial charge is 0.481 e. The summed E-state index contributed by atoms with van der Waals surface area (Å²) in [7, 11) is 0. The topological polar surface area (TPSA) is 118 Å². The van der Waals surface area contributed by atoms with E-state index < -0.39 is 12.1 Å². The summed E-state index contributed by atoms with van der Waals surface area (Å²) in [5.74, 6) is -1.29. The highest BCUT2D eigenvalue weighted by Gasteiger charge is 2.29. The molecule has 0 spiro atoms. The van der Waals surface area contributed by atoms with E-state index in [0.717, 1.165) is 33.6 Å². The lowest BCUT2D eigenvalue weighted by Gasteiger charge is -2.15. The fraction of sp³-hybridized carbons (Fsp3) is 0.308. The lowest BCUT2D eigenvalue weighted by atomic mass is 9.98. The number of nitrogens with one attached hydrogen (secondary N) is 2. The fourth-order valence-electron chi connectivity index (χ4n) is 4.31. The van der Waals surface area contributed by atoms with Gasteiger partial charge in [-0.2, -0.15) is 0 Å². The van der Waals surface area contributed by atoms with Crippen LogP contribution in [-0.4, -0.2) is 40.7 Å². The number of carboxylic acid groups (broad SMARTS) is 1. The quantitative estimate of drug-likeness (QED) is 0.378. The van der Waals surface area contributed by atoms with Gasteiger partial charge in [-0.25, -0.2) is 9.78 Å². The van der Waals surface area contributed by atoms with Crippen LogP contribution >= 0.6 is 11.3 Å². The maximum Gasteiger partial charge on any atom is 0.413 e. The van der Waals surface area contributed by atoms with Crippen molar-refractivity contribution < 1.29 is 24.2 Å². The molecule has 1 heterocycles. The molecule has 0 radical (unpaired) electrons. The molecule has 3 N–H and O–H groups in total. The third kappa shape index (κ3) is 5.51. The highest BCUT2D eigenvalue weighted by Crippen LogP contribution is 2.44. The van der Waals surface area contributed by atoms with Crippen molar-refractivity contribution in [2.45, 2.75) is 45.1 Å². The van der Waals surface area contributed by atoms with E-state index in [4.69, 9.17) is 9.84 Å². The van der Waals surface area contributed by atoms with E-state index in [1.54, 1.807) is 6.92 Å². The molecule has 0 fully saturated rings. The van der Waals surface area contributed by atoms with Crippen LogP contribution in [0.25, 0.3) is 11.1 Å². The first-order chi connectivity index (χ1) is 16.9. The fourth-order valence-corrected chi connectivity index (χ4v) is 5.16. The Balaban J connectivity index is 1.37. The van der Waals surface area contributed by atoms with E-state index >= 15 is 0 Å². The molecule has 2 aromatic carbocycles. The van der Waals surface area contributed by atoms with Gasteiger partial charge in [0.05, 0.1) is 5.69 Å². The first-order valence-electron chi connectivity index (χ1n) is 11.5. The number of hydrogen-bond donors (Lipinski definition) is 3. The van der Waals surface area contributed by atoms with Gasteiger partial charge in [0.15, 0.2) is 5.13 Å². The minimum Gasteiger partial charge on any atom is -0.481 e. The number of rotatable bonds is 9. The number of carbonyl (C=O) groups excluding carboxylic acids is 2. The minimum atomic E-state index is -0.902. The number of anilines is 1. The summed E-state index contributed by atoms with van der Waals surface area (Å²) in [5.41, 5.74) is 5.03. The predicted octanol–water partition coefficient (Wildman–Crippen LogP) is 5.19. The van der Waals surface area contributed by atoms with E-state index in [1.807, 2.05) is 31.2 Å². The molecule has 1 aromatic heterocycles. The summed E-state index contributed by atoms with van der Waals surface area (Å²) < 4.78 is 5.55. The molecule has 182 valence electrons. The zero-order chi connectivity index (χ0) is 24.9. The van der Waals surface area contributed by atoms with Gasteiger partial charge >= 0.3 is 12.1 Å². The Morgan fingerprint density at radius 1 is 1.09 bits per heavy atom. The summed E-state index contributed by atoms with van der Waals surface area (Å²) in [6.45, 7) is 3.75. The number of ether oxygens (including phenoxy) is 1. The Hall–Kier alpha value is -3.72. The number of aliphatic carboxylic acids is 1. The van der Waals surface area contributed by atoms with E-state index in [2.05, 4.69) is 39.9 Å². The monoisotopic (exact) mass is 493 g/mol. The van der Waals surface area contributed by atoms with Gasteiger partial charge in [-0.3, -0.25) is 14.9 Å². The van der Waals surface area contributed by atoms with Gasteiger partial charge in [0.2, 0.25) is 0 Å².